The van der Waals surface area contributed by atoms with E-state index in [9.17, 15) is 4.79 Å². The van der Waals surface area contributed by atoms with E-state index >= 15 is 0 Å². The van der Waals surface area contributed by atoms with Crippen LogP contribution >= 0.6 is 0 Å². The van der Waals surface area contributed by atoms with E-state index in [0.717, 1.165) is 30.9 Å². The number of rotatable bonds is 4. The molecule has 0 bridgehead atoms. The zero-order valence-electron chi connectivity index (χ0n) is 17.4. The van der Waals surface area contributed by atoms with E-state index in [0.29, 0.717) is 6.42 Å². The number of benzene rings is 2. The van der Waals surface area contributed by atoms with Crippen molar-refractivity contribution in [2.45, 2.75) is 38.4 Å². The lowest BCUT2D eigenvalue weighted by molar-refractivity contribution is -0.134. The van der Waals surface area contributed by atoms with E-state index in [1.807, 2.05) is 29.2 Å². The number of carbonyl (C=O) groups is 1. The molecule has 2 aromatic rings. The number of aryl methyl sites for hydroxylation is 1. The van der Waals surface area contributed by atoms with Crippen molar-refractivity contribution in [2.75, 3.05) is 31.6 Å². The van der Waals surface area contributed by atoms with Crippen LogP contribution in [0.2, 0.25) is 0 Å². The minimum atomic E-state index is -0.220. The summed E-state index contributed by atoms with van der Waals surface area (Å²) in [5.41, 5.74) is 10.1. The van der Waals surface area contributed by atoms with Crippen molar-refractivity contribution >= 4 is 11.6 Å². The van der Waals surface area contributed by atoms with Crippen molar-refractivity contribution in [3.63, 3.8) is 0 Å². The largest absolute Gasteiger partial charge is 0.496 e. The van der Waals surface area contributed by atoms with E-state index in [-0.39, 0.29) is 24.0 Å². The molecule has 1 amide bonds. The van der Waals surface area contributed by atoms with Crippen LogP contribution in [0.4, 0.5) is 5.69 Å². The number of nitrogens with zero attached hydrogens (tertiary/aromatic N) is 2. The summed E-state index contributed by atoms with van der Waals surface area (Å²) < 4.78 is 5.48. The van der Waals surface area contributed by atoms with Crippen LogP contribution in [0, 0.1) is 6.92 Å². The van der Waals surface area contributed by atoms with E-state index in [2.05, 4.69) is 53.9 Å². The van der Waals surface area contributed by atoms with Crippen molar-refractivity contribution < 1.29 is 9.53 Å². The maximum absolute atomic E-state index is 13.1. The number of hydrogen-bond acceptors (Lipinski definition) is 5. The first-order valence-electron chi connectivity index (χ1n) is 10.3. The van der Waals surface area contributed by atoms with Gasteiger partial charge in [0.25, 0.3) is 0 Å². The Hall–Kier alpha value is -2.57. The van der Waals surface area contributed by atoms with Gasteiger partial charge in [0.15, 0.2) is 0 Å². The van der Waals surface area contributed by atoms with Gasteiger partial charge in [-0.15, -0.1) is 0 Å². The molecule has 0 aromatic heterocycles. The van der Waals surface area contributed by atoms with Gasteiger partial charge in [0.1, 0.15) is 11.8 Å². The molecule has 2 fully saturated rings. The van der Waals surface area contributed by atoms with Gasteiger partial charge in [-0.3, -0.25) is 4.79 Å². The minimum absolute atomic E-state index is 0.0612. The van der Waals surface area contributed by atoms with Crippen molar-refractivity contribution in [3.05, 3.63) is 59.7 Å². The molecule has 2 N–H and O–H groups in total. The molecule has 154 valence electrons. The Morgan fingerprint density at radius 3 is 2.69 bits per heavy atom. The summed E-state index contributed by atoms with van der Waals surface area (Å²) in [7, 11) is 1.68. The fourth-order valence-corrected chi connectivity index (χ4v) is 4.44. The second-order valence-corrected chi connectivity index (χ2v) is 8.04. The van der Waals surface area contributed by atoms with Crippen molar-refractivity contribution in [1.82, 2.24) is 15.8 Å². The Labute approximate surface area is 172 Å². The van der Waals surface area contributed by atoms with E-state index < -0.39 is 0 Å². The van der Waals surface area contributed by atoms with E-state index in [4.69, 9.17) is 4.74 Å². The molecular formula is C23H30N4O2. The van der Waals surface area contributed by atoms with E-state index in [1.165, 1.54) is 11.3 Å². The Kier molecular flexibility index (Phi) is 5.74. The number of amides is 1. The summed E-state index contributed by atoms with van der Waals surface area (Å²) in [6.45, 7) is 6.65. The predicted molar refractivity (Wildman–Crippen MR) is 115 cm³/mol. The third kappa shape index (κ3) is 4.09. The molecule has 0 saturated carbocycles. The van der Waals surface area contributed by atoms with Crippen LogP contribution in [0.25, 0.3) is 0 Å². The smallest absolute Gasteiger partial charge is 0.241 e. The second kappa shape index (κ2) is 8.43. The van der Waals surface area contributed by atoms with Gasteiger partial charge in [0.2, 0.25) is 5.91 Å². The van der Waals surface area contributed by atoms with Gasteiger partial charge < -0.3 is 14.5 Å². The first-order chi connectivity index (χ1) is 14.1. The molecule has 0 aliphatic carbocycles. The Balaban J connectivity index is 1.38. The SMILES string of the molecule is COc1ccccc1C1CC(C(=O)N2CCN(c3cccc(C)c3)C(C)C2)NN1. The molecule has 6 heteroatoms. The molecule has 4 rings (SSSR count). The monoisotopic (exact) mass is 394 g/mol. The van der Waals surface area contributed by atoms with Gasteiger partial charge in [0, 0.05) is 36.9 Å². The highest BCUT2D eigenvalue weighted by molar-refractivity contribution is 5.82. The maximum Gasteiger partial charge on any atom is 0.241 e. The van der Waals surface area contributed by atoms with Crippen molar-refractivity contribution in [1.29, 1.82) is 0 Å². The molecule has 2 saturated heterocycles. The highest BCUT2D eigenvalue weighted by atomic mass is 16.5. The van der Waals surface area contributed by atoms with Crippen LogP contribution in [-0.2, 0) is 4.79 Å². The molecule has 2 aliphatic heterocycles. The number of carbonyl (C=O) groups excluding carboxylic acids is 1. The van der Waals surface area contributed by atoms with Crippen LogP contribution in [0.1, 0.15) is 30.5 Å². The standard InChI is InChI=1S/C23H30N4O2/c1-16-7-6-8-18(13-16)27-12-11-26(15-17(27)2)23(28)21-14-20(24-25-21)19-9-4-5-10-22(19)29-3/h4-10,13,17,20-21,24-25H,11-12,14-15H2,1-3H3. The number of piperazine rings is 1. The van der Waals surface area contributed by atoms with Gasteiger partial charge in [-0.05, 0) is 44.0 Å². The lowest BCUT2D eigenvalue weighted by atomic mass is 10.00. The lowest BCUT2D eigenvalue weighted by Crippen LogP contribution is -2.57. The maximum atomic E-state index is 13.1. The first kappa shape index (κ1) is 19.7. The van der Waals surface area contributed by atoms with Crippen LogP contribution in [0.15, 0.2) is 48.5 Å². The fraction of sp³-hybridized carbons (Fsp3) is 0.435. The summed E-state index contributed by atoms with van der Waals surface area (Å²) in [6, 6.07) is 16.7. The minimum Gasteiger partial charge on any atom is -0.496 e. The fourth-order valence-electron chi connectivity index (χ4n) is 4.44. The third-order valence-corrected chi connectivity index (χ3v) is 5.99. The van der Waals surface area contributed by atoms with Crippen LogP contribution < -0.4 is 20.5 Å². The zero-order chi connectivity index (χ0) is 20.4. The molecular weight excluding hydrogens is 364 g/mol. The summed E-state index contributed by atoms with van der Waals surface area (Å²) in [5.74, 6) is 1.02. The molecule has 3 unspecified atom stereocenters. The summed E-state index contributed by atoms with van der Waals surface area (Å²) in [4.78, 5) is 17.5. The van der Waals surface area contributed by atoms with E-state index in [1.54, 1.807) is 7.11 Å². The summed E-state index contributed by atoms with van der Waals surface area (Å²) in [5, 5.41) is 0. The van der Waals surface area contributed by atoms with Crippen LogP contribution in [0.3, 0.4) is 0 Å². The highest BCUT2D eigenvalue weighted by Crippen LogP contribution is 2.30. The van der Waals surface area contributed by atoms with Gasteiger partial charge in [-0.25, -0.2) is 10.9 Å². The van der Waals surface area contributed by atoms with Gasteiger partial charge >= 0.3 is 0 Å². The number of ether oxygens (including phenoxy) is 1. The topological polar surface area (TPSA) is 56.8 Å². The molecule has 0 spiro atoms. The number of anilines is 1. The van der Waals surface area contributed by atoms with Crippen LogP contribution in [0.5, 0.6) is 5.75 Å². The van der Waals surface area contributed by atoms with Crippen molar-refractivity contribution in [2.24, 2.45) is 0 Å². The highest BCUT2D eigenvalue weighted by Gasteiger charge is 2.36. The number of hydrazine groups is 1. The van der Waals surface area contributed by atoms with Crippen molar-refractivity contribution in [3.8, 4) is 5.75 Å². The number of para-hydroxylation sites is 1. The normalized spacial score (nSPS) is 24.6. The molecule has 2 heterocycles. The first-order valence-corrected chi connectivity index (χ1v) is 10.3. The second-order valence-electron chi connectivity index (χ2n) is 8.04. The molecule has 3 atom stereocenters. The quantitative estimate of drug-likeness (QED) is 0.835. The number of nitrogens with one attached hydrogen (secondary N) is 2. The Morgan fingerprint density at radius 2 is 1.93 bits per heavy atom. The third-order valence-electron chi connectivity index (χ3n) is 5.99. The van der Waals surface area contributed by atoms with Gasteiger partial charge in [-0.2, -0.15) is 0 Å². The molecule has 2 aromatic carbocycles. The number of methoxy groups -OCH3 is 1. The molecule has 0 radical (unpaired) electrons. The average molecular weight is 395 g/mol. The lowest BCUT2D eigenvalue weighted by Gasteiger charge is -2.42. The zero-order valence-corrected chi connectivity index (χ0v) is 17.4. The Bertz CT molecular complexity index is 871. The average Bonchev–Trinajstić information content (AvgIpc) is 3.23. The molecule has 2 aliphatic rings. The molecule has 6 nitrogen and oxygen atoms in total. The molecule has 29 heavy (non-hydrogen) atoms. The summed E-state index contributed by atoms with van der Waals surface area (Å²) in [6.07, 6.45) is 0.714. The van der Waals surface area contributed by atoms with Gasteiger partial charge in [0.05, 0.1) is 13.2 Å². The predicted octanol–water partition coefficient (Wildman–Crippen LogP) is 2.65. The number of hydrogen-bond donors (Lipinski definition) is 2. The summed E-state index contributed by atoms with van der Waals surface area (Å²) >= 11 is 0. The Morgan fingerprint density at radius 1 is 1.10 bits per heavy atom. The van der Waals surface area contributed by atoms with Crippen LogP contribution in [-0.4, -0.2) is 49.6 Å². The van der Waals surface area contributed by atoms with Gasteiger partial charge in [-0.1, -0.05) is 30.3 Å².